The van der Waals surface area contributed by atoms with E-state index in [1.807, 2.05) is 0 Å². The fourth-order valence-electron chi connectivity index (χ4n) is 1.46. The van der Waals surface area contributed by atoms with E-state index in [0.29, 0.717) is 4.88 Å². The molecule has 16 heavy (non-hydrogen) atoms. The number of aliphatic carboxylic acids is 1. The Morgan fingerprint density at radius 1 is 1.56 bits per heavy atom. The van der Waals surface area contributed by atoms with Crippen molar-refractivity contribution in [3.05, 3.63) is 20.8 Å². The van der Waals surface area contributed by atoms with Gasteiger partial charge in [0.25, 0.3) is 5.91 Å². The highest BCUT2D eigenvalue weighted by molar-refractivity contribution is 9.10. The molecule has 0 bridgehead atoms. The number of amides is 1. The molecule has 1 saturated carbocycles. The molecule has 0 radical (unpaired) electrons. The molecule has 4 nitrogen and oxygen atoms in total. The molecule has 1 aliphatic carbocycles. The minimum absolute atomic E-state index is 0.102. The van der Waals surface area contributed by atoms with Crippen LogP contribution in [0.2, 0.25) is 0 Å². The number of thiophene rings is 1. The molecule has 1 amide bonds. The SMILES string of the molecule is O=C(NC(C(=O)O)C1CC1)c1cc(Br)cs1. The maximum absolute atomic E-state index is 11.7. The summed E-state index contributed by atoms with van der Waals surface area (Å²) >= 11 is 4.54. The van der Waals surface area contributed by atoms with Crippen LogP contribution < -0.4 is 5.32 Å². The summed E-state index contributed by atoms with van der Waals surface area (Å²) in [6.07, 6.45) is 1.76. The van der Waals surface area contributed by atoms with Crippen LogP contribution in [0.1, 0.15) is 22.5 Å². The normalized spacial score (nSPS) is 16.8. The summed E-state index contributed by atoms with van der Waals surface area (Å²) in [6.45, 7) is 0. The highest BCUT2D eigenvalue weighted by Gasteiger charge is 2.37. The van der Waals surface area contributed by atoms with E-state index in [-0.39, 0.29) is 11.8 Å². The molecule has 1 fully saturated rings. The van der Waals surface area contributed by atoms with Crippen molar-refractivity contribution in [3.8, 4) is 0 Å². The summed E-state index contributed by atoms with van der Waals surface area (Å²) in [5, 5.41) is 13.3. The van der Waals surface area contributed by atoms with Crippen molar-refractivity contribution in [2.45, 2.75) is 18.9 Å². The van der Waals surface area contributed by atoms with Crippen LogP contribution in [0.15, 0.2) is 15.9 Å². The summed E-state index contributed by atoms with van der Waals surface area (Å²) in [6, 6.07) is 0.944. The molecule has 6 heteroatoms. The number of carbonyl (C=O) groups is 2. The Bertz CT molecular complexity index is 427. The maximum Gasteiger partial charge on any atom is 0.326 e. The zero-order chi connectivity index (χ0) is 11.7. The van der Waals surface area contributed by atoms with Gasteiger partial charge in [-0.05, 0) is 40.8 Å². The molecule has 0 saturated heterocycles. The predicted octanol–water partition coefficient (Wildman–Crippen LogP) is 2.10. The van der Waals surface area contributed by atoms with Gasteiger partial charge in [0.05, 0.1) is 4.88 Å². The smallest absolute Gasteiger partial charge is 0.326 e. The lowest BCUT2D eigenvalue weighted by Gasteiger charge is -2.12. The molecule has 0 aromatic carbocycles. The van der Waals surface area contributed by atoms with Crippen molar-refractivity contribution >= 4 is 39.1 Å². The van der Waals surface area contributed by atoms with Crippen LogP contribution in [0.4, 0.5) is 0 Å². The highest BCUT2D eigenvalue weighted by Crippen LogP contribution is 2.33. The van der Waals surface area contributed by atoms with E-state index in [1.165, 1.54) is 11.3 Å². The zero-order valence-corrected chi connectivity index (χ0v) is 10.7. The van der Waals surface area contributed by atoms with Crippen molar-refractivity contribution in [1.82, 2.24) is 5.32 Å². The van der Waals surface area contributed by atoms with Crippen molar-refractivity contribution in [3.63, 3.8) is 0 Å². The molecule has 2 N–H and O–H groups in total. The van der Waals surface area contributed by atoms with E-state index in [1.54, 1.807) is 11.4 Å². The summed E-state index contributed by atoms with van der Waals surface area (Å²) < 4.78 is 0.834. The van der Waals surface area contributed by atoms with Crippen molar-refractivity contribution in [1.29, 1.82) is 0 Å². The van der Waals surface area contributed by atoms with Gasteiger partial charge in [0.2, 0.25) is 0 Å². The quantitative estimate of drug-likeness (QED) is 0.895. The second-order valence-corrected chi connectivity index (χ2v) is 5.58. The third-order valence-corrected chi connectivity index (χ3v) is 4.13. The molecule has 1 aromatic heterocycles. The van der Waals surface area contributed by atoms with Crippen LogP contribution in [0.3, 0.4) is 0 Å². The summed E-state index contributed by atoms with van der Waals surface area (Å²) in [7, 11) is 0. The Morgan fingerprint density at radius 2 is 2.25 bits per heavy atom. The topological polar surface area (TPSA) is 66.4 Å². The van der Waals surface area contributed by atoms with Gasteiger partial charge in [-0.15, -0.1) is 11.3 Å². The van der Waals surface area contributed by atoms with Gasteiger partial charge < -0.3 is 10.4 Å². The Balaban J connectivity index is 2.02. The van der Waals surface area contributed by atoms with Crippen LogP contribution in [0.5, 0.6) is 0 Å². The largest absolute Gasteiger partial charge is 0.480 e. The Hall–Kier alpha value is -0.880. The third-order valence-electron chi connectivity index (χ3n) is 2.44. The van der Waals surface area contributed by atoms with E-state index in [0.717, 1.165) is 17.3 Å². The van der Waals surface area contributed by atoms with Crippen LogP contribution in [0, 0.1) is 5.92 Å². The van der Waals surface area contributed by atoms with Gasteiger partial charge in [0, 0.05) is 9.85 Å². The number of hydrogen-bond acceptors (Lipinski definition) is 3. The summed E-state index contributed by atoms with van der Waals surface area (Å²) in [5.41, 5.74) is 0. The highest BCUT2D eigenvalue weighted by atomic mass is 79.9. The molecular formula is C10H10BrNO3S. The number of carbonyl (C=O) groups excluding carboxylic acids is 1. The standard InChI is InChI=1S/C10H10BrNO3S/c11-6-3-7(16-4-6)9(13)12-8(10(14)15)5-1-2-5/h3-5,8H,1-2H2,(H,12,13)(H,14,15). The van der Waals surface area contributed by atoms with Gasteiger partial charge in [-0.1, -0.05) is 0 Å². The average Bonchev–Trinajstić information content (AvgIpc) is 2.96. The van der Waals surface area contributed by atoms with Crippen LogP contribution in [-0.2, 0) is 4.79 Å². The lowest BCUT2D eigenvalue weighted by Crippen LogP contribution is -2.42. The monoisotopic (exact) mass is 303 g/mol. The molecular weight excluding hydrogens is 294 g/mol. The lowest BCUT2D eigenvalue weighted by atomic mass is 10.2. The first kappa shape index (κ1) is 11.6. The van der Waals surface area contributed by atoms with Gasteiger partial charge >= 0.3 is 5.97 Å². The molecule has 86 valence electrons. The first-order chi connectivity index (χ1) is 7.58. The fourth-order valence-corrected chi connectivity index (χ4v) is 2.78. The first-order valence-corrected chi connectivity index (χ1v) is 6.53. The number of carboxylic acids is 1. The van der Waals surface area contributed by atoms with E-state index >= 15 is 0 Å². The molecule has 1 unspecified atom stereocenters. The van der Waals surface area contributed by atoms with Crippen molar-refractivity contribution in [2.24, 2.45) is 5.92 Å². The minimum Gasteiger partial charge on any atom is -0.480 e. The summed E-state index contributed by atoms with van der Waals surface area (Å²) in [4.78, 5) is 23.2. The average molecular weight is 304 g/mol. The van der Waals surface area contributed by atoms with E-state index < -0.39 is 12.0 Å². The molecule has 2 rings (SSSR count). The molecule has 0 aliphatic heterocycles. The second kappa shape index (κ2) is 4.55. The minimum atomic E-state index is -0.952. The molecule has 0 spiro atoms. The second-order valence-electron chi connectivity index (χ2n) is 3.76. The van der Waals surface area contributed by atoms with Gasteiger partial charge in [-0.25, -0.2) is 4.79 Å². The number of rotatable bonds is 4. The van der Waals surface area contributed by atoms with Gasteiger partial charge in [0.1, 0.15) is 6.04 Å². The Labute approximate surface area is 105 Å². The number of carboxylic acid groups (broad SMARTS) is 1. The Morgan fingerprint density at radius 3 is 2.69 bits per heavy atom. The zero-order valence-electron chi connectivity index (χ0n) is 8.27. The van der Waals surface area contributed by atoms with Crippen molar-refractivity contribution in [2.75, 3.05) is 0 Å². The Kier molecular flexibility index (Phi) is 3.30. The number of hydrogen-bond donors (Lipinski definition) is 2. The van der Waals surface area contributed by atoms with Gasteiger partial charge in [0.15, 0.2) is 0 Å². The van der Waals surface area contributed by atoms with Gasteiger partial charge in [-0.3, -0.25) is 4.79 Å². The van der Waals surface area contributed by atoms with Crippen LogP contribution in [0.25, 0.3) is 0 Å². The van der Waals surface area contributed by atoms with Crippen LogP contribution >= 0.6 is 27.3 Å². The van der Waals surface area contributed by atoms with E-state index in [2.05, 4.69) is 21.2 Å². The first-order valence-electron chi connectivity index (χ1n) is 4.85. The maximum atomic E-state index is 11.7. The lowest BCUT2D eigenvalue weighted by molar-refractivity contribution is -0.139. The van der Waals surface area contributed by atoms with Crippen molar-refractivity contribution < 1.29 is 14.7 Å². The van der Waals surface area contributed by atoms with Gasteiger partial charge in [-0.2, -0.15) is 0 Å². The molecule has 1 aliphatic rings. The molecule has 1 atom stereocenters. The number of halogens is 1. The fraction of sp³-hybridized carbons (Fsp3) is 0.400. The molecule has 1 aromatic rings. The van der Waals surface area contributed by atoms with Crippen LogP contribution in [-0.4, -0.2) is 23.0 Å². The molecule has 1 heterocycles. The third kappa shape index (κ3) is 2.62. The number of nitrogens with one attached hydrogen (secondary N) is 1. The van der Waals surface area contributed by atoms with E-state index in [4.69, 9.17) is 5.11 Å². The van der Waals surface area contributed by atoms with E-state index in [9.17, 15) is 9.59 Å². The summed E-state index contributed by atoms with van der Waals surface area (Å²) in [5.74, 6) is -1.16. The predicted molar refractivity (Wildman–Crippen MR) is 63.6 cm³/mol.